The molecule has 1 aromatic heterocycles. The number of nitrogens with zero attached hydrogens (tertiary/aromatic N) is 1. The van der Waals surface area contributed by atoms with E-state index in [0.29, 0.717) is 0 Å². The fraction of sp³-hybridized carbons (Fsp3) is 0.100. The molecule has 1 aromatic carbocycles. The molecule has 0 spiro atoms. The maximum atomic E-state index is 5.87. The SMILES string of the molecule is Clc1ccc2cc(C(Br)Br)ncc2c1. The predicted molar refractivity (Wildman–Crippen MR) is 67.3 cm³/mol. The Hall–Kier alpha value is -0.120. The number of fused-ring (bicyclic) bond motifs is 1. The van der Waals surface area contributed by atoms with E-state index in [1.807, 2.05) is 30.5 Å². The molecule has 2 rings (SSSR count). The number of aromatic nitrogens is 1. The Bertz CT molecular complexity index is 471. The van der Waals surface area contributed by atoms with Crippen molar-refractivity contribution in [3.8, 4) is 0 Å². The Kier molecular flexibility index (Phi) is 3.10. The molecule has 0 N–H and O–H groups in total. The monoisotopic (exact) mass is 333 g/mol. The van der Waals surface area contributed by atoms with Gasteiger partial charge in [-0.2, -0.15) is 0 Å². The Labute approximate surface area is 104 Å². The quantitative estimate of drug-likeness (QED) is 0.690. The molecular formula is C10H6Br2ClN. The zero-order valence-corrected chi connectivity index (χ0v) is 11.0. The van der Waals surface area contributed by atoms with Gasteiger partial charge in [0.1, 0.15) is 3.74 Å². The molecule has 1 nitrogen and oxygen atoms in total. The average molecular weight is 335 g/mol. The summed E-state index contributed by atoms with van der Waals surface area (Å²) < 4.78 is 0.0927. The summed E-state index contributed by atoms with van der Waals surface area (Å²) in [5.74, 6) is 0. The Morgan fingerprint density at radius 3 is 2.64 bits per heavy atom. The van der Waals surface area contributed by atoms with Gasteiger partial charge >= 0.3 is 0 Å². The molecule has 0 radical (unpaired) electrons. The second kappa shape index (κ2) is 4.17. The number of pyridine rings is 1. The van der Waals surface area contributed by atoms with Crippen molar-refractivity contribution < 1.29 is 0 Å². The van der Waals surface area contributed by atoms with Crippen molar-refractivity contribution in [3.05, 3.63) is 41.2 Å². The van der Waals surface area contributed by atoms with E-state index in [-0.39, 0.29) is 3.74 Å². The van der Waals surface area contributed by atoms with Crippen molar-refractivity contribution in [3.63, 3.8) is 0 Å². The van der Waals surface area contributed by atoms with Crippen LogP contribution in [0.3, 0.4) is 0 Å². The first-order valence-corrected chi connectivity index (χ1v) is 6.21. The first-order chi connectivity index (χ1) is 6.66. The maximum Gasteiger partial charge on any atom is 0.112 e. The summed E-state index contributed by atoms with van der Waals surface area (Å²) in [6, 6.07) is 7.81. The second-order valence-corrected chi connectivity index (χ2v) is 6.40. The maximum absolute atomic E-state index is 5.87. The molecule has 0 aliphatic rings. The van der Waals surface area contributed by atoms with Crippen LogP contribution in [-0.4, -0.2) is 4.98 Å². The molecule has 72 valence electrons. The van der Waals surface area contributed by atoms with E-state index in [9.17, 15) is 0 Å². The highest BCUT2D eigenvalue weighted by molar-refractivity contribution is 9.24. The van der Waals surface area contributed by atoms with Crippen LogP contribution >= 0.6 is 43.5 Å². The average Bonchev–Trinajstić information content (AvgIpc) is 2.16. The zero-order chi connectivity index (χ0) is 10.1. The molecule has 0 saturated carbocycles. The number of benzene rings is 1. The molecule has 0 aliphatic heterocycles. The molecule has 2 aromatic rings. The molecule has 0 saturated heterocycles. The van der Waals surface area contributed by atoms with Crippen LogP contribution in [0.15, 0.2) is 30.5 Å². The molecule has 0 amide bonds. The molecule has 4 heteroatoms. The van der Waals surface area contributed by atoms with Crippen LogP contribution in [0.25, 0.3) is 10.8 Å². The summed E-state index contributed by atoms with van der Waals surface area (Å²) in [5.41, 5.74) is 0.958. The van der Waals surface area contributed by atoms with Crippen LogP contribution in [-0.2, 0) is 0 Å². The Morgan fingerprint density at radius 1 is 1.14 bits per heavy atom. The summed E-state index contributed by atoms with van der Waals surface area (Å²) in [4.78, 5) is 4.30. The number of alkyl halides is 2. The lowest BCUT2D eigenvalue weighted by molar-refractivity contribution is 1.20. The van der Waals surface area contributed by atoms with Crippen LogP contribution < -0.4 is 0 Å². The van der Waals surface area contributed by atoms with Gasteiger partial charge < -0.3 is 0 Å². The number of hydrogen-bond acceptors (Lipinski definition) is 1. The molecule has 0 unspecified atom stereocenters. The van der Waals surface area contributed by atoms with Crippen LogP contribution in [0.2, 0.25) is 5.02 Å². The normalized spacial score (nSPS) is 11.1. The predicted octanol–water partition coefficient (Wildman–Crippen LogP) is 4.68. The van der Waals surface area contributed by atoms with Gasteiger partial charge in [-0.25, -0.2) is 0 Å². The van der Waals surface area contributed by atoms with Crippen molar-refractivity contribution >= 4 is 54.2 Å². The smallest absolute Gasteiger partial charge is 0.112 e. The third-order valence-corrected chi connectivity index (χ3v) is 3.10. The van der Waals surface area contributed by atoms with E-state index in [2.05, 4.69) is 36.8 Å². The zero-order valence-electron chi connectivity index (χ0n) is 7.05. The van der Waals surface area contributed by atoms with E-state index in [4.69, 9.17) is 11.6 Å². The van der Waals surface area contributed by atoms with Crippen LogP contribution in [0.4, 0.5) is 0 Å². The van der Waals surface area contributed by atoms with Crippen molar-refractivity contribution in [1.29, 1.82) is 0 Å². The van der Waals surface area contributed by atoms with Gasteiger partial charge in [0.2, 0.25) is 0 Å². The minimum absolute atomic E-state index is 0.0927. The van der Waals surface area contributed by atoms with E-state index < -0.39 is 0 Å². The van der Waals surface area contributed by atoms with Crippen molar-refractivity contribution in [2.75, 3.05) is 0 Å². The van der Waals surface area contributed by atoms with Gasteiger partial charge in [0.05, 0.1) is 5.69 Å². The fourth-order valence-electron chi connectivity index (χ4n) is 1.25. The van der Waals surface area contributed by atoms with E-state index in [1.54, 1.807) is 0 Å². The first kappa shape index (κ1) is 10.4. The van der Waals surface area contributed by atoms with E-state index >= 15 is 0 Å². The highest BCUT2D eigenvalue weighted by Gasteiger charge is 2.04. The molecule has 14 heavy (non-hydrogen) atoms. The lowest BCUT2D eigenvalue weighted by Gasteiger charge is -2.03. The molecule has 0 aliphatic carbocycles. The Morgan fingerprint density at radius 2 is 1.93 bits per heavy atom. The van der Waals surface area contributed by atoms with Gasteiger partial charge in [0.15, 0.2) is 0 Å². The van der Waals surface area contributed by atoms with Crippen LogP contribution in [0, 0.1) is 0 Å². The van der Waals surface area contributed by atoms with Crippen LogP contribution in [0.5, 0.6) is 0 Å². The van der Waals surface area contributed by atoms with Gasteiger partial charge in [0.25, 0.3) is 0 Å². The lowest BCUT2D eigenvalue weighted by Crippen LogP contribution is -1.86. The number of hydrogen-bond donors (Lipinski definition) is 0. The first-order valence-electron chi connectivity index (χ1n) is 4.00. The summed E-state index contributed by atoms with van der Waals surface area (Å²) in [5, 5.41) is 2.94. The highest BCUT2D eigenvalue weighted by atomic mass is 79.9. The van der Waals surface area contributed by atoms with Crippen molar-refractivity contribution in [2.24, 2.45) is 0 Å². The van der Waals surface area contributed by atoms with Gasteiger partial charge in [-0.1, -0.05) is 49.5 Å². The standard InChI is InChI=1S/C10H6Br2ClN/c11-10(12)9-4-6-1-2-8(13)3-7(6)5-14-9/h1-5,10H. The summed E-state index contributed by atoms with van der Waals surface area (Å²) in [6.07, 6.45) is 1.83. The summed E-state index contributed by atoms with van der Waals surface area (Å²) in [7, 11) is 0. The number of rotatable bonds is 1. The van der Waals surface area contributed by atoms with E-state index in [1.165, 1.54) is 0 Å². The number of halogens is 3. The van der Waals surface area contributed by atoms with Gasteiger partial charge in [0, 0.05) is 16.6 Å². The second-order valence-electron chi connectivity index (χ2n) is 2.90. The van der Waals surface area contributed by atoms with Crippen molar-refractivity contribution in [1.82, 2.24) is 4.98 Å². The fourth-order valence-corrected chi connectivity index (χ4v) is 1.93. The van der Waals surface area contributed by atoms with Crippen molar-refractivity contribution in [2.45, 2.75) is 3.74 Å². The minimum Gasteiger partial charge on any atom is -0.259 e. The third-order valence-electron chi connectivity index (χ3n) is 1.93. The van der Waals surface area contributed by atoms with Crippen LogP contribution in [0.1, 0.15) is 9.43 Å². The highest BCUT2D eigenvalue weighted by Crippen LogP contribution is 2.29. The molecular weight excluding hydrogens is 329 g/mol. The molecule has 1 heterocycles. The Balaban J connectivity index is 2.62. The van der Waals surface area contributed by atoms with Gasteiger partial charge in [-0.3, -0.25) is 4.98 Å². The summed E-state index contributed by atoms with van der Waals surface area (Å²) >= 11 is 12.7. The summed E-state index contributed by atoms with van der Waals surface area (Å²) in [6.45, 7) is 0. The third kappa shape index (κ3) is 2.10. The molecule has 0 fully saturated rings. The topological polar surface area (TPSA) is 12.9 Å². The molecule has 0 bridgehead atoms. The molecule has 0 atom stereocenters. The van der Waals surface area contributed by atoms with Gasteiger partial charge in [-0.15, -0.1) is 0 Å². The van der Waals surface area contributed by atoms with Gasteiger partial charge in [-0.05, 0) is 23.6 Å². The lowest BCUT2D eigenvalue weighted by atomic mass is 10.1. The minimum atomic E-state index is 0.0927. The largest absolute Gasteiger partial charge is 0.259 e. The van der Waals surface area contributed by atoms with E-state index in [0.717, 1.165) is 21.5 Å².